The van der Waals surface area contributed by atoms with Gasteiger partial charge in [-0.15, -0.1) is 0 Å². The third-order valence-corrected chi connectivity index (χ3v) is 6.11. The van der Waals surface area contributed by atoms with Crippen molar-refractivity contribution in [2.75, 3.05) is 26.1 Å². The molecule has 2 aromatic heterocycles. The van der Waals surface area contributed by atoms with E-state index < -0.39 is 5.97 Å². The Labute approximate surface area is 190 Å². The maximum absolute atomic E-state index is 13.1. The van der Waals surface area contributed by atoms with Crippen LogP contribution in [0.3, 0.4) is 0 Å². The number of hydrogen-bond acceptors (Lipinski definition) is 7. The molecule has 8 nitrogen and oxygen atoms in total. The summed E-state index contributed by atoms with van der Waals surface area (Å²) < 4.78 is 11.9. The van der Waals surface area contributed by atoms with Crippen LogP contribution in [0.4, 0.5) is 0 Å². The van der Waals surface area contributed by atoms with E-state index in [0.29, 0.717) is 45.2 Å². The molecule has 0 aliphatic carbocycles. The van der Waals surface area contributed by atoms with Gasteiger partial charge in [0.1, 0.15) is 0 Å². The molecule has 1 atom stereocenters. The lowest BCUT2D eigenvalue weighted by molar-refractivity contribution is 0.0525. The highest BCUT2D eigenvalue weighted by molar-refractivity contribution is 7.99. The molecule has 1 aromatic carbocycles. The van der Waals surface area contributed by atoms with Gasteiger partial charge in [-0.1, -0.05) is 23.9 Å². The molecule has 0 bridgehead atoms. The topological polar surface area (TPSA) is 103 Å². The van der Waals surface area contributed by atoms with Gasteiger partial charge in [-0.3, -0.25) is 14.2 Å². The highest BCUT2D eigenvalue weighted by Gasteiger charge is 2.24. The Bertz CT molecular complexity index is 1210. The van der Waals surface area contributed by atoms with E-state index in [1.165, 1.54) is 11.8 Å². The molecule has 3 rings (SSSR count). The molecule has 3 aromatic rings. The van der Waals surface area contributed by atoms with Gasteiger partial charge in [-0.2, -0.15) is 0 Å². The summed E-state index contributed by atoms with van der Waals surface area (Å²) in [5, 5.41) is 0.958. The normalized spacial score (nSPS) is 12.2. The van der Waals surface area contributed by atoms with Crippen LogP contribution in [0.2, 0.25) is 0 Å². The maximum atomic E-state index is 13.1. The number of rotatable bonds is 9. The van der Waals surface area contributed by atoms with Gasteiger partial charge in [0.15, 0.2) is 10.9 Å². The first-order valence-corrected chi connectivity index (χ1v) is 11.3. The minimum absolute atomic E-state index is 0.0491. The molecule has 0 spiro atoms. The fourth-order valence-corrected chi connectivity index (χ4v) is 4.64. The van der Waals surface area contributed by atoms with Crippen LogP contribution in [0.5, 0.6) is 0 Å². The number of carbonyl (C=O) groups is 2. The van der Waals surface area contributed by atoms with Crippen LogP contribution in [0.25, 0.3) is 10.9 Å². The Balaban J connectivity index is 1.93. The summed E-state index contributed by atoms with van der Waals surface area (Å²) in [5.41, 5.74) is 2.29. The van der Waals surface area contributed by atoms with Crippen LogP contribution in [0.15, 0.2) is 34.2 Å². The number of fused-ring (bicyclic) bond motifs is 1. The van der Waals surface area contributed by atoms with E-state index in [2.05, 4.69) is 9.97 Å². The van der Waals surface area contributed by atoms with Crippen molar-refractivity contribution in [1.82, 2.24) is 14.5 Å². The van der Waals surface area contributed by atoms with E-state index in [0.717, 1.165) is 0 Å². The van der Waals surface area contributed by atoms with Gasteiger partial charge in [0.05, 0.1) is 47.2 Å². The summed E-state index contributed by atoms with van der Waals surface area (Å²) in [6, 6.07) is 6.87. The van der Waals surface area contributed by atoms with Crippen molar-refractivity contribution in [3.05, 3.63) is 57.1 Å². The number of nitrogens with one attached hydrogen (secondary N) is 1. The summed E-state index contributed by atoms with van der Waals surface area (Å²) >= 11 is 1.19. The van der Waals surface area contributed by atoms with Crippen LogP contribution >= 0.6 is 11.8 Å². The average Bonchev–Trinajstić information content (AvgIpc) is 3.06. The number of thioether (sulfide) groups is 1. The van der Waals surface area contributed by atoms with Crippen molar-refractivity contribution in [2.45, 2.75) is 38.9 Å². The Kier molecular flexibility index (Phi) is 7.52. The molecule has 0 radical (unpaired) electrons. The average molecular weight is 458 g/mol. The number of para-hydroxylation sites is 1. The quantitative estimate of drug-likeness (QED) is 0.226. The standard InChI is InChI=1S/C23H27N3O5S/c1-6-31-22(29)19-14(3)20(24-15(19)4)18(27)12-32-23-25-17-10-8-7-9-16(17)21(28)26(23)13(2)11-30-5/h7-10,13,24H,6,11-12H2,1-5H3. The van der Waals surface area contributed by atoms with E-state index in [1.54, 1.807) is 50.6 Å². The second-order valence-corrected chi connectivity index (χ2v) is 8.39. The summed E-state index contributed by atoms with van der Waals surface area (Å²) in [7, 11) is 1.57. The Morgan fingerprint density at radius 3 is 2.66 bits per heavy atom. The number of aromatic amines is 1. The lowest BCUT2D eigenvalue weighted by Crippen LogP contribution is -2.28. The van der Waals surface area contributed by atoms with Gasteiger partial charge in [-0.05, 0) is 45.4 Å². The maximum Gasteiger partial charge on any atom is 0.340 e. The Morgan fingerprint density at radius 2 is 1.97 bits per heavy atom. The van der Waals surface area contributed by atoms with E-state index in [1.807, 2.05) is 13.0 Å². The molecule has 0 fully saturated rings. The molecule has 1 unspecified atom stereocenters. The largest absolute Gasteiger partial charge is 0.462 e. The molecule has 2 heterocycles. The lowest BCUT2D eigenvalue weighted by Gasteiger charge is -2.18. The van der Waals surface area contributed by atoms with Gasteiger partial charge >= 0.3 is 5.97 Å². The first-order valence-electron chi connectivity index (χ1n) is 10.3. The lowest BCUT2D eigenvalue weighted by atomic mass is 10.1. The van der Waals surface area contributed by atoms with Gasteiger partial charge in [-0.25, -0.2) is 9.78 Å². The van der Waals surface area contributed by atoms with Crippen molar-refractivity contribution in [2.24, 2.45) is 0 Å². The molecular weight excluding hydrogens is 430 g/mol. The number of esters is 1. The number of H-pyrrole nitrogens is 1. The fraction of sp³-hybridized carbons (Fsp3) is 0.391. The summed E-state index contributed by atoms with van der Waals surface area (Å²) in [6.07, 6.45) is 0. The third-order valence-electron chi connectivity index (χ3n) is 5.15. The number of ketones is 1. The van der Waals surface area contributed by atoms with Gasteiger partial charge in [0, 0.05) is 12.8 Å². The van der Waals surface area contributed by atoms with Crippen molar-refractivity contribution < 1.29 is 19.1 Å². The Morgan fingerprint density at radius 1 is 1.25 bits per heavy atom. The van der Waals surface area contributed by atoms with Crippen molar-refractivity contribution >= 4 is 34.4 Å². The molecule has 0 aliphatic rings. The minimum atomic E-state index is -0.455. The molecule has 0 saturated heterocycles. The van der Waals surface area contributed by atoms with Gasteiger partial charge in [0.25, 0.3) is 5.56 Å². The van der Waals surface area contributed by atoms with Crippen LogP contribution in [-0.2, 0) is 9.47 Å². The highest BCUT2D eigenvalue weighted by atomic mass is 32.2. The molecule has 0 amide bonds. The molecular formula is C23H27N3O5S. The van der Waals surface area contributed by atoms with Crippen LogP contribution in [-0.4, -0.2) is 52.4 Å². The number of carbonyl (C=O) groups excluding carboxylic acids is 2. The first-order chi connectivity index (χ1) is 15.3. The minimum Gasteiger partial charge on any atom is -0.462 e. The third kappa shape index (κ3) is 4.63. The molecule has 1 N–H and O–H groups in total. The van der Waals surface area contributed by atoms with Crippen molar-refractivity contribution in [1.29, 1.82) is 0 Å². The van der Waals surface area contributed by atoms with Crippen molar-refractivity contribution in [3.63, 3.8) is 0 Å². The molecule has 32 heavy (non-hydrogen) atoms. The number of aryl methyl sites for hydroxylation is 1. The molecule has 170 valence electrons. The van der Waals surface area contributed by atoms with Crippen LogP contribution < -0.4 is 5.56 Å². The number of benzene rings is 1. The van der Waals surface area contributed by atoms with E-state index in [9.17, 15) is 14.4 Å². The van der Waals surface area contributed by atoms with Gasteiger partial charge in [0.2, 0.25) is 0 Å². The second-order valence-electron chi connectivity index (χ2n) is 7.45. The van der Waals surface area contributed by atoms with E-state index in [4.69, 9.17) is 9.47 Å². The number of methoxy groups -OCH3 is 1. The number of ether oxygens (including phenoxy) is 2. The number of aromatic nitrogens is 3. The summed E-state index contributed by atoms with van der Waals surface area (Å²) in [6.45, 7) is 7.65. The second kappa shape index (κ2) is 10.1. The van der Waals surface area contributed by atoms with Crippen LogP contribution in [0.1, 0.15) is 52.0 Å². The zero-order chi connectivity index (χ0) is 23.4. The van der Waals surface area contributed by atoms with E-state index in [-0.39, 0.29) is 29.7 Å². The fourth-order valence-electron chi connectivity index (χ4n) is 3.67. The summed E-state index contributed by atoms with van der Waals surface area (Å²) in [5.74, 6) is -0.601. The predicted molar refractivity (Wildman–Crippen MR) is 124 cm³/mol. The number of nitrogens with zero attached hydrogens (tertiary/aromatic N) is 2. The predicted octanol–water partition coefficient (Wildman–Crippen LogP) is 3.70. The highest BCUT2D eigenvalue weighted by Crippen LogP contribution is 2.25. The van der Waals surface area contributed by atoms with E-state index >= 15 is 0 Å². The van der Waals surface area contributed by atoms with Crippen molar-refractivity contribution in [3.8, 4) is 0 Å². The molecule has 0 aliphatic heterocycles. The smallest absolute Gasteiger partial charge is 0.340 e. The number of Topliss-reactive ketones (excluding diaryl/α,β-unsaturated/α-hetero) is 1. The monoisotopic (exact) mass is 457 g/mol. The molecule has 9 heteroatoms. The zero-order valence-electron chi connectivity index (χ0n) is 18.9. The number of hydrogen-bond donors (Lipinski definition) is 1. The first kappa shape index (κ1) is 23.7. The Hall–Kier alpha value is -2.91. The van der Waals surface area contributed by atoms with Crippen LogP contribution in [0, 0.1) is 13.8 Å². The SMILES string of the molecule is CCOC(=O)c1c(C)[nH]c(C(=O)CSc2nc3ccccc3c(=O)n2C(C)COC)c1C. The van der Waals surface area contributed by atoms with Gasteiger partial charge < -0.3 is 14.5 Å². The zero-order valence-corrected chi connectivity index (χ0v) is 19.7. The summed E-state index contributed by atoms with van der Waals surface area (Å²) in [4.78, 5) is 46.0. The molecule has 0 saturated carbocycles.